The second-order valence-electron chi connectivity index (χ2n) is 10.1. The topological polar surface area (TPSA) is 105 Å². The molecule has 8 nitrogen and oxygen atoms in total. The number of fused-ring (bicyclic) bond motifs is 1. The molecule has 1 saturated carbocycles. The van der Waals surface area contributed by atoms with Gasteiger partial charge in [-0.2, -0.15) is 18.2 Å². The summed E-state index contributed by atoms with van der Waals surface area (Å²) < 4.78 is 47.9. The quantitative estimate of drug-likeness (QED) is 0.207. The van der Waals surface area contributed by atoms with E-state index in [1.54, 1.807) is 32.2 Å². The highest BCUT2D eigenvalue weighted by Gasteiger charge is 2.41. The molecular weight excluding hydrogens is 509 g/mol. The summed E-state index contributed by atoms with van der Waals surface area (Å²) in [5, 5.41) is 18.7. The number of benzene rings is 1. The summed E-state index contributed by atoms with van der Waals surface area (Å²) >= 11 is 0. The predicted molar refractivity (Wildman–Crippen MR) is 144 cm³/mol. The van der Waals surface area contributed by atoms with E-state index in [1.165, 1.54) is 29.1 Å². The van der Waals surface area contributed by atoms with Crippen LogP contribution < -0.4 is 5.32 Å². The number of alkyl halides is 3. The second kappa shape index (κ2) is 12.1. The summed E-state index contributed by atoms with van der Waals surface area (Å²) in [4.78, 5) is 20.6. The average Bonchev–Trinajstić information content (AvgIpc) is 3.05. The van der Waals surface area contributed by atoms with Gasteiger partial charge >= 0.3 is 6.18 Å². The fourth-order valence-electron chi connectivity index (χ4n) is 4.91. The maximum absolute atomic E-state index is 14.1. The van der Waals surface area contributed by atoms with Gasteiger partial charge in [-0.05, 0) is 61.6 Å². The molecule has 2 aliphatic heterocycles. The fourth-order valence-corrected chi connectivity index (χ4v) is 4.91. The van der Waals surface area contributed by atoms with E-state index in [1.807, 2.05) is 0 Å². The van der Waals surface area contributed by atoms with Crippen molar-refractivity contribution in [2.75, 3.05) is 20.2 Å². The average molecular weight is 545 g/mol. The first kappa shape index (κ1) is 28.5. The summed E-state index contributed by atoms with van der Waals surface area (Å²) in [7, 11) is 1.60. The van der Waals surface area contributed by atoms with E-state index in [4.69, 9.17) is 15.6 Å². The van der Waals surface area contributed by atoms with Crippen molar-refractivity contribution in [2.24, 2.45) is 10.9 Å². The van der Waals surface area contributed by atoms with Gasteiger partial charge in [0.2, 0.25) is 5.90 Å². The normalized spacial score (nSPS) is 17.5. The van der Waals surface area contributed by atoms with Gasteiger partial charge in [-0.1, -0.05) is 24.8 Å². The second-order valence-corrected chi connectivity index (χ2v) is 10.1. The number of ether oxygens (including phenoxy) is 1. The molecule has 3 N–H and O–H groups in total. The fraction of sp³-hybridized carbons (Fsp3) is 0.500. The number of nitrogens with zero attached hydrogens (tertiary/aromatic N) is 3. The first-order valence-electron chi connectivity index (χ1n) is 13.3. The maximum atomic E-state index is 14.1. The lowest BCUT2D eigenvalue weighted by Crippen LogP contribution is -2.24. The number of hydrogen-bond donors (Lipinski definition) is 3. The molecule has 0 aromatic heterocycles. The zero-order chi connectivity index (χ0) is 28.2. The maximum Gasteiger partial charge on any atom is 0.416 e. The lowest BCUT2D eigenvalue weighted by Gasteiger charge is -2.25. The van der Waals surface area contributed by atoms with Crippen LogP contribution in [0.15, 0.2) is 40.7 Å². The van der Waals surface area contributed by atoms with Gasteiger partial charge in [0.05, 0.1) is 25.1 Å². The minimum absolute atomic E-state index is 0.0430. The SMILES string of the molecule is CCOC1=NC(N2Cc3c(cc(CNCCC4CCC4)cc3C(F)(F)F)C2=O)=CCC(CC(=N)N(C)C=N)=C1. The molecule has 210 valence electrons. The number of nitrogens with one attached hydrogen (secondary N) is 3. The highest BCUT2D eigenvalue weighted by Crippen LogP contribution is 2.39. The largest absolute Gasteiger partial charge is 0.478 e. The molecule has 0 unspecified atom stereocenters. The van der Waals surface area contributed by atoms with Crippen LogP contribution in [0, 0.1) is 16.7 Å². The Kier molecular flexibility index (Phi) is 8.89. The number of amides is 1. The van der Waals surface area contributed by atoms with Crippen LogP contribution in [0.25, 0.3) is 0 Å². The van der Waals surface area contributed by atoms with Crippen LogP contribution in [-0.4, -0.2) is 54.0 Å². The van der Waals surface area contributed by atoms with E-state index in [2.05, 4.69) is 10.3 Å². The lowest BCUT2D eigenvalue weighted by molar-refractivity contribution is -0.138. The molecule has 39 heavy (non-hydrogen) atoms. The van der Waals surface area contributed by atoms with Crippen LogP contribution in [-0.2, 0) is 24.0 Å². The Labute approximate surface area is 226 Å². The van der Waals surface area contributed by atoms with Crippen molar-refractivity contribution >= 4 is 24.0 Å². The highest BCUT2D eigenvalue weighted by molar-refractivity contribution is 6.01. The molecule has 0 spiro atoms. The van der Waals surface area contributed by atoms with Gasteiger partial charge in [0.25, 0.3) is 5.91 Å². The number of aliphatic imine (C=N–C) groups is 1. The molecule has 1 aliphatic carbocycles. The Morgan fingerprint density at radius 2 is 2.10 bits per heavy atom. The van der Waals surface area contributed by atoms with E-state index < -0.39 is 17.6 Å². The van der Waals surface area contributed by atoms with Crippen LogP contribution in [0.3, 0.4) is 0 Å². The van der Waals surface area contributed by atoms with E-state index in [0.29, 0.717) is 24.5 Å². The number of amidine groups is 1. The summed E-state index contributed by atoms with van der Waals surface area (Å²) in [6, 6.07) is 2.71. The van der Waals surface area contributed by atoms with Crippen molar-refractivity contribution in [2.45, 2.75) is 64.7 Å². The van der Waals surface area contributed by atoms with Crippen molar-refractivity contribution in [3.63, 3.8) is 0 Å². The van der Waals surface area contributed by atoms with E-state index >= 15 is 0 Å². The van der Waals surface area contributed by atoms with Crippen molar-refractivity contribution in [1.29, 1.82) is 10.8 Å². The first-order chi connectivity index (χ1) is 18.6. The third kappa shape index (κ3) is 6.76. The Bertz CT molecular complexity index is 1220. The molecule has 1 aromatic rings. The molecule has 1 aromatic carbocycles. The predicted octanol–water partition coefficient (Wildman–Crippen LogP) is 5.45. The third-order valence-corrected chi connectivity index (χ3v) is 7.37. The van der Waals surface area contributed by atoms with Crippen molar-refractivity contribution in [3.05, 3.63) is 57.9 Å². The van der Waals surface area contributed by atoms with Crippen LogP contribution in [0.4, 0.5) is 13.2 Å². The van der Waals surface area contributed by atoms with Gasteiger partial charge in [0, 0.05) is 31.7 Å². The molecule has 1 fully saturated rings. The molecular formula is C28H35F3N6O2. The number of carbonyl (C=O) groups is 1. The zero-order valence-corrected chi connectivity index (χ0v) is 22.3. The minimum atomic E-state index is -4.60. The van der Waals surface area contributed by atoms with Crippen LogP contribution in [0.5, 0.6) is 0 Å². The molecule has 4 rings (SSSR count). The minimum Gasteiger partial charge on any atom is -0.478 e. The van der Waals surface area contributed by atoms with E-state index in [9.17, 15) is 18.0 Å². The molecule has 3 aliphatic rings. The van der Waals surface area contributed by atoms with Crippen molar-refractivity contribution < 1.29 is 22.7 Å². The number of carbonyl (C=O) groups excluding carboxylic acids is 1. The van der Waals surface area contributed by atoms with Gasteiger partial charge in [-0.15, -0.1) is 0 Å². The first-order valence-corrected chi connectivity index (χ1v) is 13.3. The van der Waals surface area contributed by atoms with E-state index in [0.717, 1.165) is 30.9 Å². The monoisotopic (exact) mass is 544 g/mol. The number of halogens is 3. The number of rotatable bonds is 10. The lowest BCUT2D eigenvalue weighted by atomic mass is 9.83. The van der Waals surface area contributed by atoms with Crippen LogP contribution >= 0.6 is 0 Å². The van der Waals surface area contributed by atoms with Gasteiger partial charge < -0.3 is 15.0 Å². The summed E-state index contributed by atoms with van der Waals surface area (Å²) in [6.45, 7) is 2.83. The van der Waals surface area contributed by atoms with Gasteiger partial charge in [-0.3, -0.25) is 20.5 Å². The molecule has 11 heteroatoms. The van der Waals surface area contributed by atoms with Gasteiger partial charge in [0.15, 0.2) is 0 Å². The summed E-state index contributed by atoms with van der Waals surface area (Å²) in [5.41, 5.74) is 0.396. The summed E-state index contributed by atoms with van der Waals surface area (Å²) in [5.74, 6) is 0.796. The Morgan fingerprint density at radius 1 is 1.33 bits per heavy atom. The number of hydrogen-bond acceptors (Lipinski definition) is 6. The van der Waals surface area contributed by atoms with Crippen molar-refractivity contribution in [3.8, 4) is 0 Å². The zero-order valence-electron chi connectivity index (χ0n) is 22.3. The third-order valence-electron chi connectivity index (χ3n) is 7.37. The molecule has 1 amide bonds. The Morgan fingerprint density at radius 3 is 2.74 bits per heavy atom. The number of allylic oxidation sites excluding steroid dienone is 1. The standard InChI is InChI=1S/C28H35F3N6O2/c1-3-39-26-14-19(13-24(33)36(2)17-32)7-8-25(35-26)37-16-22-21(27(37)38)11-20(12-23(22)28(29,30)31)15-34-10-9-18-5-4-6-18/h8,11-12,14,17-18,32-34H,3-7,9-10,13,15-16H2,1-2H3. The van der Waals surface area contributed by atoms with Crippen molar-refractivity contribution in [1.82, 2.24) is 15.1 Å². The highest BCUT2D eigenvalue weighted by atomic mass is 19.4. The molecule has 0 bridgehead atoms. The van der Waals surface area contributed by atoms with Gasteiger partial charge in [0.1, 0.15) is 11.7 Å². The van der Waals surface area contributed by atoms with Crippen LogP contribution in [0.1, 0.15) is 72.5 Å². The smallest absolute Gasteiger partial charge is 0.416 e. The summed E-state index contributed by atoms with van der Waals surface area (Å²) in [6.07, 6.45) is 5.03. The van der Waals surface area contributed by atoms with E-state index in [-0.39, 0.29) is 48.2 Å². The Balaban J connectivity index is 1.56. The molecule has 0 saturated heterocycles. The van der Waals surface area contributed by atoms with Crippen LogP contribution in [0.2, 0.25) is 0 Å². The molecule has 0 atom stereocenters. The molecule has 0 radical (unpaired) electrons. The van der Waals surface area contributed by atoms with Gasteiger partial charge in [-0.25, -0.2) is 0 Å². The Hall–Kier alpha value is -3.47. The molecule has 2 heterocycles.